The molecule has 0 bridgehead atoms. The highest BCUT2D eigenvalue weighted by Crippen LogP contribution is 2.40. The molecule has 0 aromatic heterocycles. The first kappa shape index (κ1) is 12.4. The van der Waals surface area contributed by atoms with Gasteiger partial charge in [0.25, 0.3) is 0 Å². The standard InChI is InChI=1S/C14H16ClFO/c1-2-9-3-5-10(6-4-9)11-7-8-12(17)13(15)14(11)16/h2,7-10,17H,1,3-6H2. The molecule has 1 aromatic carbocycles. The minimum absolute atomic E-state index is 0.159. The second-order valence-electron chi connectivity index (χ2n) is 4.65. The Kier molecular flexibility index (Phi) is 3.72. The van der Waals surface area contributed by atoms with Crippen molar-refractivity contribution in [3.05, 3.63) is 41.2 Å². The summed E-state index contributed by atoms with van der Waals surface area (Å²) in [6, 6.07) is 3.12. The van der Waals surface area contributed by atoms with Gasteiger partial charge in [0.15, 0.2) is 0 Å². The summed E-state index contributed by atoms with van der Waals surface area (Å²) in [6.45, 7) is 3.80. The van der Waals surface area contributed by atoms with Crippen LogP contribution in [-0.4, -0.2) is 5.11 Å². The molecule has 17 heavy (non-hydrogen) atoms. The summed E-state index contributed by atoms with van der Waals surface area (Å²) < 4.78 is 13.9. The minimum Gasteiger partial charge on any atom is -0.506 e. The van der Waals surface area contributed by atoms with Crippen LogP contribution in [0.25, 0.3) is 0 Å². The lowest BCUT2D eigenvalue weighted by Gasteiger charge is -2.27. The van der Waals surface area contributed by atoms with Crippen LogP contribution in [0.1, 0.15) is 37.2 Å². The Morgan fingerprint density at radius 1 is 1.29 bits per heavy atom. The summed E-state index contributed by atoms with van der Waals surface area (Å²) >= 11 is 5.72. The minimum atomic E-state index is -0.464. The monoisotopic (exact) mass is 254 g/mol. The molecule has 0 amide bonds. The average molecular weight is 255 g/mol. The smallest absolute Gasteiger partial charge is 0.149 e. The molecule has 1 N–H and O–H groups in total. The molecule has 0 atom stereocenters. The van der Waals surface area contributed by atoms with Gasteiger partial charge in [-0.2, -0.15) is 0 Å². The molecule has 3 heteroatoms. The van der Waals surface area contributed by atoms with Crippen molar-refractivity contribution in [2.24, 2.45) is 5.92 Å². The summed E-state index contributed by atoms with van der Waals surface area (Å²) in [4.78, 5) is 0. The second-order valence-corrected chi connectivity index (χ2v) is 5.03. The van der Waals surface area contributed by atoms with Gasteiger partial charge in [0.05, 0.1) is 0 Å². The molecule has 0 heterocycles. The molecule has 0 spiro atoms. The van der Waals surface area contributed by atoms with Gasteiger partial charge in [0, 0.05) is 0 Å². The van der Waals surface area contributed by atoms with Crippen LogP contribution in [0.4, 0.5) is 4.39 Å². The molecule has 0 saturated heterocycles. The van der Waals surface area contributed by atoms with Gasteiger partial charge in [-0.3, -0.25) is 0 Å². The van der Waals surface area contributed by atoms with E-state index in [2.05, 4.69) is 6.58 Å². The Morgan fingerprint density at radius 2 is 1.94 bits per heavy atom. The first-order valence-electron chi connectivity index (χ1n) is 5.93. The topological polar surface area (TPSA) is 20.2 Å². The number of rotatable bonds is 2. The highest BCUT2D eigenvalue weighted by Gasteiger charge is 2.24. The van der Waals surface area contributed by atoms with Crippen molar-refractivity contribution < 1.29 is 9.50 Å². The first-order chi connectivity index (χ1) is 8.13. The molecule has 0 radical (unpaired) electrons. The number of allylic oxidation sites excluding steroid dienone is 1. The fraction of sp³-hybridized carbons (Fsp3) is 0.429. The van der Waals surface area contributed by atoms with Crippen molar-refractivity contribution in [1.29, 1.82) is 0 Å². The van der Waals surface area contributed by atoms with Gasteiger partial charge in [-0.25, -0.2) is 4.39 Å². The predicted octanol–water partition coefficient (Wildman–Crippen LogP) is 4.64. The molecule has 92 valence electrons. The normalized spacial score (nSPS) is 24.6. The largest absolute Gasteiger partial charge is 0.506 e. The number of halogens is 2. The van der Waals surface area contributed by atoms with E-state index in [1.165, 1.54) is 6.07 Å². The quantitative estimate of drug-likeness (QED) is 0.762. The van der Waals surface area contributed by atoms with Crippen molar-refractivity contribution in [3.8, 4) is 5.75 Å². The van der Waals surface area contributed by atoms with Gasteiger partial charge in [-0.15, -0.1) is 6.58 Å². The van der Waals surface area contributed by atoms with E-state index in [4.69, 9.17) is 11.6 Å². The third-order valence-corrected chi connectivity index (χ3v) is 4.00. The number of phenols is 1. The summed E-state index contributed by atoms with van der Waals surface area (Å²) in [5.74, 6) is 0.118. The Hall–Kier alpha value is -1.02. The lowest BCUT2D eigenvalue weighted by molar-refractivity contribution is 0.368. The molecule has 1 nitrogen and oxygen atoms in total. The van der Waals surface area contributed by atoms with E-state index in [9.17, 15) is 9.50 Å². The van der Waals surface area contributed by atoms with Gasteiger partial charge < -0.3 is 5.11 Å². The van der Waals surface area contributed by atoms with Crippen molar-refractivity contribution in [1.82, 2.24) is 0 Å². The van der Waals surface area contributed by atoms with Gasteiger partial charge in [-0.05, 0) is 49.1 Å². The number of phenolic OH excluding ortho intramolecular Hbond substituents is 1. The molecule has 1 saturated carbocycles. The van der Waals surface area contributed by atoms with Crippen LogP contribution >= 0.6 is 11.6 Å². The third-order valence-electron chi connectivity index (χ3n) is 3.64. The summed E-state index contributed by atoms with van der Waals surface area (Å²) in [5.41, 5.74) is 0.635. The van der Waals surface area contributed by atoms with Crippen molar-refractivity contribution in [2.45, 2.75) is 31.6 Å². The summed E-state index contributed by atoms with van der Waals surface area (Å²) in [5, 5.41) is 9.16. The van der Waals surface area contributed by atoms with Crippen LogP contribution in [0.3, 0.4) is 0 Å². The second kappa shape index (κ2) is 5.09. The number of benzene rings is 1. The Balaban J connectivity index is 2.19. The van der Waals surface area contributed by atoms with E-state index in [1.807, 2.05) is 6.08 Å². The van der Waals surface area contributed by atoms with E-state index >= 15 is 0 Å². The molecule has 1 aliphatic rings. The number of aromatic hydroxyl groups is 1. The van der Waals surface area contributed by atoms with Crippen LogP contribution in [0.5, 0.6) is 5.75 Å². The zero-order valence-corrected chi connectivity index (χ0v) is 10.4. The molecule has 2 rings (SSSR count). The summed E-state index contributed by atoms with van der Waals surface area (Å²) in [6.07, 6.45) is 5.98. The molecular weight excluding hydrogens is 239 g/mol. The lowest BCUT2D eigenvalue weighted by atomic mass is 9.78. The van der Waals surface area contributed by atoms with Gasteiger partial charge in [0.1, 0.15) is 16.6 Å². The fourth-order valence-electron chi connectivity index (χ4n) is 2.54. The van der Waals surface area contributed by atoms with Crippen molar-refractivity contribution in [3.63, 3.8) is 0 Å². The predicted molar refractivity (Wildman–Crippen MR) is 68.0 cm³/mol. The maximum absolute atomic E-state index is 13.9. The van der Waals surface area contributed by atoms with Crippen LogP contribution in [0.15, 0.2) is 24.8 Å². The highest BCUT2D eigenvalue weighted by atomic mass is 35.5. The van der Waals surface area contributed by atoms with Gasteiger partial charge in [0.2, 0.25) is 0 Å². The van der Waals surface area contributed by atoms with Crippen LogP contribution in [0.2, 0.25) is 5.02 Å². The number of hydrogen-bond acceptors (Lipinski definition) is 1. The van der Waals surface area contributed by atoms with E-state index in [0.29, 0.717) is 11.5 Å². The van der Waals surface area contributed by atoms with E-state index in [1.54, 1.807) is 6.07 Å². The Morgan fingerprint density at radius 3 is 2.53 bits per heavy atom. The third kappa shape index (κ3) is 2.47. The Labute approximate surface area is 106 Å². The van der Waals surface area contributed by atoms with E-state index in [-0.39, 0.29) is 16.7 Å². The maximum Gasteiger partial charge on any atom is 0.149 e. The van der Waals surface area contributed by atoms with Crippen LogP contribution in [-0.2, 0) is 0 Å². The van der Waals surface area contributed by atoms with Crippen LogP contribution < -0.4 is 0 Å². The molecule has 0 aliphatic heterocycles. The molecule has 1 aromatic rings. The summed E-state index contributed by atoms with van der Waals surface area (Å²) in [7, 11) is 0. The van der Waals surface area contributed by atoms with Crippen molar-refractivity contribution >= 4 is 11.6 Å². The molecule has 0 unspecified atom stereocenters. The molecule has 1 aliphatic carbocycles. The zero-order valence-electron chi connectivity index (χ0n) is 9.63. The van der Waals surface area contributed by atoms with Crippen LogP contribution in [0, 0.1) is 11.7 Å². The molecular formula is C14H16ClFO. The maximum atomic E-state index is 13.9. The Bertz CT molecular complexity index is 422. The lowest BCUT2D eigenvalue weighted by Crippen LogP contribution is -2.12. The SMILES string of the molecule is C=CC1CCC(c2ccc(O)c(Cl)c2F)CC1. The zero-order chi connectivity index (χ0) is 12.4. The fourth-order valence-corrected chi connectivity index (χ4v) is 2.71. The van der Waals surface area contributed by atoms with E-state index in [0.717, 1.165) is 25.7 Å². The van der Waals surface area contributed by atoms with E-state index < -0.39 is 5.82 Å². The first-order valence-corrected chi connectivity index (χ1v) is 6.30. The van der Waals surface area contributed by atoms with Gasteiger partial charge >= 0.3 is 0 Å². The van der Waals surface area contributed by atoms with Gasteiger partial charge in [-0.1, -0.05) is 23.7 Å². The number of hydrogen-bond donors (Lipinski definition) is 1. The molecule has 1 fully saturated rings. The average Bonchev–Trinajstić information content (AvgIpc) is 2.36. The highest BCUT2D eigenvalue weighted by molar-refractivity contribution is 6.32. The van der Waals surface area contributed by atoms with Crippen molar-refractivity contribution in [2.75, 3.05) is 0 Å².